The molecule has 3 aromatic rings. The van der Waals surface area contributed by atoms with Crippen LogP contribution in [0, 0.1) is 0 Å². The number of benzene rings is 2. The van der Waals surface area contributed by atoms with Crippen molar-refractivity contribution in [3.8, 4) is 11.3 Å². The Balaban J connectivity index is 2.24. The highest BCUT2D eigenvalue weighted by Crippen LogP contribution is 2.22. The maximum absolute atomic E-state index is 12.1. The molecule has 0 aliphatic heterocycles. The van der Waals surface area contributed by atoms with Gasteiger partial charge in [-0.2, -0.15) is 0 Å². The first kappa shape index (κ1) is 12.2. The highest BCUT2D eigenvalue weighted by molar-refractivity contribution is 5.91. The van der Waals surface area contributed by atoms with Crippen LogP contribution in [0.1, 0.15) is 10.4 Å². The Morgan fingerprint density at radius 3 is 2.45 bits per heavy atom. The molecule has 0 bridgehead atoms. The third-order valence-electron chi connectivity index (χ3n) is 3.02. The minimum absolute atomic E-state index is 0.0442. The van der Waals surface area contributed by atoms with Gasteiger partial charge in [0.05, 0.1) is 11.4 Å². The average molecular weight is 265 g/mol. The van der Waals surface area contributed by atoms with Crippen LogP contribution >= 0.6 is 0 Å². The molecule has 0 saturated heterocycles. The highest BCUT2D eigenvalue weighted by atomic mass is 16.4. The normalized spacial score (nSPS) is 10.6. The molecular weight excluding hydrogens is 256 g/mol. The average Bonchev–Trinajstić information content (AvgIpc) is 2.47. The Labute approximate surface area is 113 Å². The molecule has 98 valence electrons. The van der Waals surface area contributed by atoms with E-state index in [1.165, 1.54) is 24.3 Å². The van der Waals surface area contributed by atoms with Crippen LogP contribution in [0.15, 0.2) is 63.8 Å². The van der Waals surface area contributed by atoms with Crippen LogP contribution in [0.4, 0.5) is 0 Å². The molecule has 0 N–H and O–H groups in total. The van der Waals surface area contributed by atoms with Crippen molar-refractivity contribution in [2.75, 3.05) is 0 Å². The second-order valence-corrected chi connectivity index (χ2v) is 4.34. The topological polar surface area (TPSA) is 70.3 Å². The van der Waals surface area contributed by atoms with Crippen molar-refractivity contribution in [1.82, 2.24) is 0 Å². The summed E-state index contributed by atoms with van der Waals surface area (Å²) in [6.07, 6.45) is 0. The smallest absolute Gasteiger partial charge is 0.193 e. The molecule has 3 rings (SSSR count). The Bertz CT molecular complexity index is 847. The van der Waals surface area contributed by atoms with Crippen LogP contribution in [0.5, 0.6) is 0 Å². The second-order valence-electron chi connectivity index (χ2n) is 4.34. The molecule has 0 radical (unpaired) electrons. The number of hydrogen-bond donors (Lipinski definition) is 0. The van der Waals surface area contributed by atoms with Crippen LogP contribution in [-0.4, -0.2) is 5.97 Å². The van der Waals surface area contributed by atoms with Crippen LogP contribution < -0.4 is 10.5 Å². The van der Waals surface area contributed by atoms with E-state index in [1.807, 2.05) is 30.3 Å². The van der Waals surface area contributed by atoms with Crippen LogP contribution in [0.3, 0.4) is 0 Å². The van der Waals surface area contributed by atoms with Crippen LogP contribution in [0.2, 0.25) is 0 Å². The van der Waals surface area contributed by atoms with Gasteiger partial charge in [0.25, 0.3) is 0 Å². The van der Waals surface area contributed by atoms with E-state index in [0.717, 1.165) is 5.56 Å². The summed E-state index contributed by atoms with van der Waals surface area (Å²) in [6.45, 7) is 0. The third kappa shape index (κ3) is 2.07. The number of carbonyl (C=O) groups excluding carboxylic acids is 1. The summed E-state index contributed by atoms with van der Waals surface area (Å²) >= 11 is 0. The number of carboxylic acids is 1. The van der Waals surface area contributed by atoms with E-state index in [-0.39, 0.29) is 16.4 Å². The van der Waals surface area contributed by atoms with Crippen molar-refractivity contribution in [3.63, 3.8) is 0 Å². The molecule has 1 heterocycles. The first-order valence-corrected chi connectivity index (χ1v) is 6.00. The molecule has 2 aromatic carbocycles. The number of fused-ring (bicyclic) bond motifs is 1. The lowest BCUT2D eigenvalue weighted by Crippen LogP contribution is -2.22. The minimum Gasteiger partial charge on any atom is -0.545 e. The minimum atomic E-state index is -1.32. The SMILES string of the molecule is O=C([O-])c1ccc2oc(-c3ccccc3)cc(=O)c2c1. The van der Waals surface area contributed by atoms with E-state index < -0.39 is 5.97 Å². The predicted octanol–water partition coefficient (Wildman–Crippen LogP) is 1.82. The van der Waals surface area contributed by atoms with Gasteiger partial charge in [-0.3, -0.25) is 4.79 Å². The molecule has 0 aliphatic rings. The van der Waals surface area contributed by atoms with Gasteiger partial charge in [-0.05, 0) is 23.8 Å². The summed E-state index contributed by atoms with van der Waals surface area (Å²) < 4.78 is 5.65. The van der Waals surface area contributed by atoms with Crippen molar-refractivity contribution in [1.29, 1.82) is 0 Å². The molecule has 0 atom stereocenters. The summed E-state index contributed by atoms with van der Waals surface area (Å²) in [4.78, 5) is 22.9. The molecule has 0 fully saturated rings. The molecule has 1 aromatic heterocycles. The molecule has 4 heteroatoms. The van der Waals surface area contributed by atoms with Crippen LogP contribution in [-0.2, 0) is 0 Å². The highest BCUT2D eigenvalue weighted by Gasteiger charge is 2.07. The van der Waals surface area contributed by atoms with E-state index >= 15 is 0 Å². The number of carboxylic acid groups (broad SMARTS) is 1. The van der Waals surface area contributed by atoms with Gasteiger partial charge in [0.15, 0.2) is 5.43 Å². The summed E-state index contributed by atoms with van der Waals surface area (Å²) in [5.41, 5.74) is 0.808. The van der Waals surface area contributed by atoms with Gasteiger partial charge in [-0.1, -0.05) is 30.3 Å². The van der Waals surface area contributed by atoms with E-state index in [1.54, 1.807) is 0 Å². The third-order valence-corrected chi connectivity index (χ3v) is 3.02. The Hall–Kier alpha value is -2.88. The zero-order valence-electron chi connectivity index (χ0n) is 10.3. The molecule has 0 saturated carbocycles. The monoisotopic (exact) mass is 265 g/mol. The number of rotatable bonds is 2. The van der Waals surface area contributed by atoms with Crippen molar-refractivity contribution in [2.45, 2.75) is 0 Å². The van der Waals surface area contributed by atoms with Gasteiger partial charge in [0.1, 0.15) is 11.3 Å². The van der Waals surface area contributed by atoms with Gasteiger partial charge in [-0.25, -0.2) is 0 Å². The molecule has 0 aliphatic carbocycles. The predicted molar refractivity (Wildman–Crippen MR) is 72.3 cm³/mol. The van der Waals surface area contributed by atoms with E-state index in [4.69, 9.17) is 4.42 Å². The van der Waals surface area contributed by atoms with Gasteiger partial charge in [-0.15, -0.1) is 0 Å². The molecule has 0 amide bonds. The fourth-order valence-corrected chi connectivity index (χ4v) is 2.03. The van der Waals surface area contributed by atoms with Crippen molar-refractivity contribution in [3.05, 3.63) is 70.4 Å². The standard InChI is InChI=1S/C16H10O4/c17-13-9-15(10-4-2-1-3-5-10)20-14-7-6-11(16(18)19)8-12(13)14/h1-9H,(H,18,19)/p-1. The first-order chi connectivity index (χ1) is 9.65. The van der Waals surface area contributed by atoms with Gasteiger partial charge < -0.3 is 14.3 Å². The maximum Gasteiger partial charge on any atom is 0.193 e. The van der Waals surface area contributed by atoms with E-state index in [2.05, 4.69) is 0 Å². The van der Waals surface area contributed by atoms with Gasteiger partial charge in [0, 0.05) is 11.6 Å². The van der Waals surface area contributed by atoms with Gasteiger partial charge in [0.2, 0.25) is 0 Å². The van der Waals surface area contributed by atoms with E-state index in [9.17, 15) is 14.7 Å². The second kappa shape index (κ2) is 4.66. The fourth-order valence-electron chi connectivity index (χ4n) is 2.03. The van der Waals surface area contributed by atoms with E-state index in [0.29, 0.717) is 11.3 Å². The van der Waals surface area contributed by atoms with Crippen molar-refractivity contribution >= 4 is 16.9 Å². The molecule has 4 nitrogen and oxygen atoms in total. The molecular formula is C16H9O4-. The zero-order valence-corrected chi connectivity index (χ0v) is 10.3. The maximum atomic E-state index is 12.1. The Morgan fingerprint density at radius 1 is 1.00 bits per heavy atom. The molecule has 0 spiro atoms. The lowest BCUT2D eigenvalue weighted by atomic mass is 10.1. The summed E-state index contributed by atoms with van der Waals surface area (Å²) in [6, 6.07) is 14.7. The summed E-state index contributed by atoms with van der Waals surface area (Å²) in [7, 11) is 0. The number of hydrogen-bond acceptors (Lipinski definition) is 4. The quantitative estimate of drug-likeness (QED) is 0.708. The van der Waals surface area contributed by atoms with Crippen molar-refractivity contribution in [2.24, 2.45) is 0 Å². The Kier molecular flexibility index (Phi) is 2.84. The number of aromatic carboxylic acids is 1. The fraction of sp³-hybridized carbons (Fsp3) is 0. The molecule has 20 heavy (non-hydrogen) atoms. The van der Waals surface area contributed by atoms with Crippen molar-refractivity contribution < 1.29 is 14.3 Å². The number of carbonyl (C=O) groups is 1. The van der Waals surface area contributed by atoms with Crippen LogP contribution in [0.25, 0.3) is 22.3 Å². The molecule has 0 unspecified atom stereocenters. The lowest BCUT2D eigenvalue weighted by Gasteiger charge is -2.05. The summed E-state index contributed by atoms with van der Waals surface area (Å²) in [5, 5.41) is 11.0. The zero-order chi connectivity index (χ0) is 14.1. The first-order valence-electron chi connectivity index (χ1n) is 6.00. The van der Waals surface area contributed by atoms with Gasteiger partial charge >= 0.3 is 0 Å². The summed E-state index contributed by atoms with van der Waals surface area (Å²) in [5.74, 6) is -0.872. The lowest BCUT2D eigenvalue weighted by molar-refractivity contribution is -0.255. The Morgan fingerprint density at radius 2 is 1.75 bits per heavy atom. The largest absolute Gasteiger partial charge is 0.545 e.